The molecule has 2 heterocycles. The Bertz CT molecular complexity index is 528. The van der Waals surface area contributed by atoms with Crippen molar-refractivity contribution in [1.29, 1.82) is 0 Å². The van der Waals surface area contributed by atoms with Crippen LogP contribution in [0.25, 0.3) is 0 Å². The van der Waals surface area contributed by atoms with Crippen molar-refractivity contribution in [2.45, 2.75) is 13.8 Å². The van der Waals surface area contributed by atoms with Gasteiger partial charge in [-0.2, -0.15) is 5.10 Å². The fourth-order valence-electron chi connectivity index (χ4n) is 1.53. The Hall–Kier alpha value is -1.69. The van der Waals surface area contributed by atoms with Gasteiger partial charge in [-0.05, 0) is 41.9 Å². The van der Waals surface area contributed by atoms with Crippen molar-refractivity contribution >= 4 is 27.5 Å². The highest BCUT2D eigenvalue weighted by molar-refractivity contribution is 9.10. The minimum atomic E-state index is -0.183. The summed E-state index contributed by atoms with van der Waals surface area (Å²) in [7, 11) is 0. The molecule has 17 heavy (non-hydrogen) atoms. The van der Waals surface area contributed by atoms with Gasteiger partial charge in [0, 0.05) is 5.69 Å². The molecule has 0 saturated heterocycles. The van der Waals surface area contributed by atoms with E-state index in [9.17, 15) is 4.79 Å². The second-order valence-corrected chi connectivity index (χ2v) is 4.45. The zero-order valence-corrected chi connectivity index (χ0v) is 11.0. The number of aryl methyl sites for hydroxylation is 2. The molecule has 0 aliphatic rings. The van der Waals surface area contributed by atoms with Gasteiger partial charge in [0.15, 0.2) is 0 Å². The van der Waals surface area contributed by atoms with Gasteiger partial charge in [-0.15, -0.1) is 0 Å². The lowest BCUT2D eigenvalue weighted by atomic mass is 10.2. The summed E-state index contributed by atoms with van der Waals surface area (Å²) in [5.74, 6) is -0.183. The average Bonchev–Trinajstić information content (AvgIpc) is 2.62. The number of amides is 1. The van der Waals surface area contributed by atoms with E-state index >= 15 is 0 Å². The topological polar surface area (TPSA) is 70.7 Å². The maximum Gasteiger partial charge on any atom is 0.259 e. The highest BCUT2D eigenvalue weighted by Crippen LogP contribution is 2.14. The fourth-order valence-corrected chi connectivity index (χ4v) is 1.76. The number of pyridine rings is 1. The first-order valence-electron chi connectivity index (χ1n) is 5.02. The third-order valence-electron chi connectivity index (χ3n) is 2.34. The minimum Gasteiger partial charge on any atom is -0.320 e. The molecule has 5 nitrogen and oxygen atoms in total. The summed E-state index contributed by atoms with van der Waals surface area (Å²) in [4.78, 5) is 16.0. The lowest BCUT2D eigenvalue weighted by Gasteiger charge is -2.04. The average molecular weight is 295 g/mol. The van der Waals surface area contributed by atoms with Crippen molar-refractivity contribution < 1.29 is 4.79 Å². The third kappa shape index (κ3) is 2.52. The van der Waals surface area contributed by atoms with Crippen molar-refractivity contribution in [1.82, 2.24) is 15.2 Å². The summed E-state index contributed by atoms with van der Waals surface area (Å²) in [6.07, 6.45) is 1.59. The molecule has 88 valence electrons. The number of hydrogen-bond donors (Lipinski definition) is 2. The Kier molecular flexibility index (Phi) is 3.23. The number of nitrogens with zero attached hydrogens (tertiary/aromatic N) is 2. The molecule has 0 unspecified atom stereocenters. The molecule has 1 amide bonds. The van der Waals surface area contributed by atoms with Gasteiger partial charge in [0.2, 0.25) is 0 Å². The minimum absolute atomic E-state index is 0.183. The Balaban J connectivity index is 2.20. The second kappa shape index (κ2) is 4.67. The van der Waals surface area contributed by atoms with E-state index < -0.39 is 0 Å². The smallest absolute Gasteiger partial charge is 0.259 e. The summed E-state index contributed by atoms with van der Waals surface area (Å²) in [5.41, 5.74) is 2.67. The molecule has 0 fully saturated rings. The molecule has 2 aromatic heterocycles. The van der Waals surface area contributed by atoms with Crippen LogP contribution in [0.2, 0.25) is 0 Å². The van der Waals surface area contributed by atoms with Crippen LogP contribution in [-0.4, -0.2) is 21.1 Å². The number of nitrogens with one attached hydrogen (secondary N) is 2. The number of carbonyl (C=O) groups excluding carboxylic acids is 1. The molecule has 2 N–H and O–H groups in total. The van der Waals surface area contributed by atoms with Gasteiger partial charge in [0.05, 0.1) is 23.1 Å². The van der Waals surface area contributed by atoms with E-state index in [2.05, 4.69) is 36.4 Å². The summed E-state index contributed by atoms with van der Waals surface area (Å²) >= 11 is 3.23. The van der Waals surface area contributed by atoms with Crippen LogP contribution < -0.4 is 5.32 Å². The van der Waals surface area contributed by atoms with Crippen molar-refractivity contribution in [3.63, 3.8) is 0 Å². The Morgan fingerprint density at radius 1 is 1.41 bits per heavy atom. The van der Waals surface area contributed by atoms with Crippen LogP contribution in [0, 0.1) is 13.8 Å². The number of rotatable bonds is 2. The maximum absolute atomic E-state index is 12.0. The summed E-state index contributed by atoms with van der Waals surface area (Å²) in [6.45, 7) is 3.60. The lowest BCUT2D eigenvalue weighted by molar-refractivity contribution is 0.102. The Labute approximate surface area is 107 Å². The van der Waals surface area contributed by atoms with E-state index in [1.165, 1.54) is 0 Å². The first-order valence-corrected chi connectivity index (χ1v) is 5.81. The van der Waals surface area contributed by atoms with E-state index in [1.54, 1.807) is 25.3 Å². The van der Waals surface area contributed by atoms with E-state index in [1.807, 2.05) is 6.92 Å². The lowest BCUT2D eigenvalue weighted by Crippen LogP contribution is -2.13. The van der Waals surface area contributed by atoms with E-state index in [4.69, 9.17) is 0 Å². The van der Waals surface area contributed by atoms with Crippen LogP contribution in [0.3, 0.4) is 0 Å². The molecule has 0 spiro atoms. The van der Waals surface area contributed by atoms with Gasteiger partial charge in [0.25, 0.3) is 5.91 Å². The van der Waals surface area contributed by atoms with Crippen LogP contribution in [0.4, 0.5) is 5.69 Å². The van der Waals surface area contributed by atoms with Crippen molar-refractivity contribution in [3.8, 4) is 0 Å². The predicted octanol–water partition coefficient (Wildman–Crippen LogP) is 2.44. The quantitative estimate of drug-likeness (QED) is 0.836. The first-order chi connectivity index (χ1) is 8.08. The summed E-state index contributed by atoms with van der Waals surface area (Å²) in [6, 6.07) is 3.55. The van der Waals surface area contributed by atoms with Gasteiger partial charge in [-0.25, -0.2) is 4.98 Å². The van der Waals surface area contributed by atoms with Crippen LogP contribution >= 0.6 is 15.9 Å². The number of H-pyrrole nitrogens is 1. The standard InChI is InChI=1S/C11H11BrN4O/c1-6-10(7(2)16-15-6)11(17)14-8-3-4-9(12)13-5-8/h3-5H,1-2H3,(H,14,17)(H,15,16). The number of halogens is 1. The molecule has 2 rings (SSSR count). The number of aromatic nitrogens is 3. The summed E-state index contributed by atoms with van der Waals surface area (Å²) < 4.78 is 0.728. The molecule has 2 aromatic rings. The van der Waals surface area contributed by atoms with Crippen molar-refractivity contribution in [2.24, 2.45) is 0 Å². The van der Waals surface area contributed by atoms with Gasteiger partial charge in [0.1, 0.15) is 4.60 Å². The third-order valence-corrected chi connectivity index (χ3v) is 2.81. The fraction of sp³-hybridized carbons (Fsp3) is 0.182. The zero-order valence-electron chi connectivity index (χ0n) is 9.41. The van der Waals surface area contributed by atoms with E-state index in [0.29, 0.717) is 16.9 Å². The molecular weight excluding hydrogens is 284 g/mol. The second-order valence-electron chi connectivity index (χ2n) is 3.63. The van der Waals surface area contributed by atoms with Gasteiger partial charge < -0.3 is 5.32 Å². The first kappa shape index (κ1) is 11.8. The van der Waals surface area contributed by atoms with E-state index in [-0.39, 0.29) is 5.91 Å². The predicted molar refractivity (Wildman–Crippen MR) is 68.0 cm³/mol. The van der Waals surface area contributed by atoms with Gasteiger partial charge >= 0.3 is 0 Å². The van der Waals surface area contributed by atoms with Crippen LogP contribution in [0.1, 0.15) is 21.7 Å². The largest absolute Gasteiger partial charge is 0.320 e. The SMILES string of the molecule is Cc1n[nH]c(C)c1C(=O)Nc1ccc(Br)nc1. The Morgan fingerprint density at radius 3 is 2.71 bits per heavy atom. The number of hydrogen-bond acceptors (Lipinski definition) is 3. The number of aromatic amines is 1. The monoisotopic (exact) mass is 294 g/mol. The number of anilines is 1. The molecule has 0 aliphatic heterocycles. The Morgan fingerprint density at radius 2 is 2.18 bits per heavy atom. The van der Waals surface area contributed by atoms with Crippen LogP contribution in [0.5, 0.6) is 0 Å². The molecule has 0 atom stereocenters. The highest BCUT2D eigenvalue weighted by atomic mass is 79.9. The molecular formula is C11H11BrN4O. The van der Waals surface area contributed by atoms with Crippen molar-refractivity contribution in [2.75, 3.05) is 5.32 Å². The van der Waals surface area contributed by atoms with Crippen LogP contribution in [-0.2, 0) is 0 Å². The zero-order chi connectivity index (χ0) is 12.4. The molecule has 6 heteroatoms. The summed E-state index contributed by atoms with van der Waals surface area (Å²) in [5, 5.41) is 9.53. The molecule has 0 saturated carbocycles. The highest BCUT2D eigenvalue weighted by Gasteiger charge is 2.15. The maximum atomic E-state index is 12.0. The number of carbonyl (C=O) groups is 1. The van der Waals surface area contributed by atoms with Crippen LogP contribution in [0.15, 0.2) is 22.9 Å². The molecule has 0 aromatic carbocycles. The van der Waals surface area contributed by atoms with Gasteiger partial charge in [-0.3, -0.25) is 9.89 Å². The van der Waals surface area contributed by atoms with Gasteiger partial charge in [-0.1, -0.05) is 0 Å². The molecule has 0 bridgehead atoms. The normalized spacial score (nSPS) is 10.3. The molecule has 0 aliphatic carbocycles. The molecule has 0 radical (unpaired) electrons. The van der Waals surface area contributed by atoms with E-state index in [0.717, 1.165) is 10.3 Å². The van der Waals surface area contributed by atoms with Crippen molar-refractivity contribution in [3.05, 3.63) is 39.9 Å².